The molecule has 10 rings (SSSR count). The SMILES string of the molecule is c1ccc(-c2nc3ccccc3c3c2ccc2c4cc(-c5cccc(-c6cc(-c7ccccn7)nc(-c7ccccn7)c6)c5)ccc4oc23)cc1. The number of pyridine rings is 4. The zero-order chi connectivity index (χ0) is 33.7. The Morgan fingerprint density at radius 1 is 0.373 bits per heavy atom. The first-order chi connectivity index (χ1) is 25.3. The molecule has 5 aromatic carbocycles. The van der Waals surface area contributed by atoms with Gasteiger partial charge in [-0.2, -0.15) is 0 Å². The van der Waals surface area contributed by atoms with Crippen molar-refractivity contribution >= 4 is 43.6 Å². The maximum absolute atomic E-state index is 6.71. The van der Waals surface area contributed by atoms with Crippen LogP contribution in [0.1, 0.15) is 0 Å². The molecule has 0 spiro atoms. The van der Waals surface area contributed by atoms with Gasteiger partial charge < -0.3 is 4.42 Å². The Bertz CT molecular complexity index is 2840. The molecule has 0 aliphatic heterocycles. The van der Waals surface area contributed by atoms with Crippen molar-refractivity contribution in [2.24, 2.45) is 0 Å². The minimum atomic E-state index is 0.802. The minimum absolute atomic E-state index is 0.802. The molecular weight excluding hydrogens is 625 g/mol. The van der Waals surface area contributed by atoms with E-state index in [1.807, 2.05) is 48.5 Å². The highest BCUT2D eigenvalue weighted by molar-refractivity contribution is 6.24. The summed E-state index contributed by atoms with van der Waals surface area (Å²) in [5, 5.41) is 5.40. The fourth-order valence-corrected chi connectivity index (χ4v) is 7.13. The molecule has 0 fully saturated rings. The van der Waals surface area contributed by atoms with Gasteiger partial charge in [0.1, 0.15) is 11.2 Å². The van der Waals surface area contributed by atoms with Gasteiger partial charge in [-0.05, 0) is 89.0 Å². The summed E-state index contributed by atoms with van der Waals surface area (Å²) >= 11 is 0. The van der Waals surface area contributed by atoms with Crippen LogP contribution >= 0.6 is 0 Å². The first-order valence-electron chi connectivity index (χ1n) is 17.0. The molecule has 5 nitrogen and oxygen atoms in total. The third-order valence-corrected chi connectivity index (χ3v) is 9.56. The fraction of sp³-hybridized carbons (Fsp3) is 0. The highest BCUT2D eigenvalue weighted by Crippen LogP contribution is 2.42. The van der Waals surface area contributed by atoms with Crippen LogP contribution in [0.4, 0.5) is 0 Å². The third-order valence-electron chi connectivity index (χ3n) is 9.56. The number of hydrogen-bond acceptors (Lipinski definition) is 5. The van der Waals surface area contributed by atoms with E-state index in [2.05, 4.69) is 119 Å². The molecule has 0 aliphatic carbocycles. The van der Waals surface area contributed by atoms with Gasteiger partial charge in [0.25, 0.3) is 0 Å². The first kappa shape index (κ1) is 29.0. The van der Waals surface area contributed by atoms with Crippen molar-refractivity contribution in [1.82, 2.24) is 19.9 Å². The molecule has 0 saturated carbocycles. The average molecular weight is 653 g/mol. The lowest BCUT2D eigenvalue weighted by atomic mass is 9.96. The standard InChI is InChI=1S/C46H28N4O/c1-2-11-29(12-3-1)45-36-21-20-34-37-26-32(19-22-43(37)51-46(34)44(36)35-15-4-5-16-38(35)50-45)30-13-10-14-31(25-30)33-27-41(39-17-6-8-23-47-39)49-42(28-33)40-18-7-9-24-48-40/h1-28H. The summed E-state index contributed by atoms with van der Waals surface area (Å²) in [6.07, 6.45) is 3.59. The van der Waals surface area contributed by atoms with Gasteiger partial charge >= 0.3 is 0 Å². The molecule has 5 aromatic heterocycles. The van der Waals surface area contributed by atoms with Gasteiger partial charge in [-0.1, -0.05) is 91.0 Å². The van der Waals surface area contributed by atoms with Gasteiger partial charge in [0, 0.05) is 44.9 Å². The zero-order valence-electron chi connectivity index (χ0n) is 27.4. The number of aromatic nitrogens is 4. The van der Waals surface area contributed by atoms with Crippen LogP contribution in [0.15, 0.2) is 175 Å². The summed E-state index contributed by atoms with van der Waals surface area (Å²) in [5.41, 5.74) is 12.3. The number of benzene rings is 5. The van der Waals surface area contributed by atoms with Gasteiger partial charge in [0.15, 0.2) is 0 Å². The van der Waals surface area contributed by atoms with Crippen LogP contribution in [-0.4, -0.2) is 19.9 Å². The normalized spacial score (nSPS) is 11.5. The molecule has 0 bridgehead atoms. The van der Waals surface area contributed by atoms with Crippen LogP contribution in [0.3, 0.4) is 0 Å². The maximum atomic E-state index is 6.71. The topological polar surface area (TPSA) is 64.7 Å². The lowest BCUT2D eigenvalue weighted by Gasteiger charge is -2.11. The number of hydrogen-bond donors (Lipinski definition) is 0. The Hall–Kier alpha value is -6.98. The Labute approximate surface area is 293 Å². The summed E-state index contributed by atoms with van der Waals surface area (Å²) in [4.78, 5) is 19.3. The van der Waals surface area contributed by atoms with Crippen LogP contribution in [0.5, 0.6) is 0 Å². The van der Waals surface area contributed by atoms with Gasteiger partial charge in [-0.25, -0.2) is 9.97 Å². The molecule has 0 radical (unpaired) electrons. The summed E-state index contributed by atoms with van der Waals surface area (Å²) in [5.74, 6) is 0. The van der Waals surface area contributed by atoms with E-state index < -0.39 is 0 Å². The van der Waals surface area contributed by atoms with E-state index in [1.54, 1.807) is 12.4 Å². The Morgan fingerprint density at radius 3 is 1.76 bits per heavy atom. The third kappa shape index (κ3) is 5.03. The molecule has 238 valence electrons. The number of rotatable bonds is 5. The smallest absolute Gasteiger partial charge is 0.144 e. The van der Waals surface area contributed by atoms with Crippen molar-refractivity contribution in [3.05, 3.63) is 170 Å². The second kappa shape index (κ2) is 11.9. The van der Waals surface area contributed by atoms with Gasteiger partial charge in [-0.15, -0.1) is 0 Å². The van der Waals surface area contributed by atoms with Crippen LogP contribution in [0, 0.1) is 0 Å². The van der Waals surface area contributed by atoms with E-state index in [0.717, 1.165) is 99.9 Å². The van der Waals surface area contributed by atoms with Crippen molar-refractivity contribution in [3.8, 4) is 56.3 Å². The first-order valence-corrected chi connectivity index (χ1v) is 17.0. The molecule has 5 heteroatoms. The number of furan rings is 1. The fourth-order valence-electron chi connectivity index (χ4n) is 7.13. The highest BCUT2D eigenvalue weighted by atomic mass is 16.3. The lowest BCUT2D eigenvalue weighted by molar-refractivity contribution is 0.673. The van der Waals surface area contributed by atoms with E-state index in [4.69, 9.17) is 14.4 Å². The minimum Gasteiger partial charge on any atom is -0.455 e. The second-order valence-corrected chi connectivity index (χ2v) is 12.7. The Morgan fingerprint density at radius 2 is 1.02 bits per heavy atom. The summed E-state index contributed by atoms with van der Waals surface area (Å²) in [6, 6.07) is 54.2. The van der Waals surface area contributed by atoms with Gasteiger partial charge in [-0.3, -0.25) is 9.97 Å². The van der Waals surface area contributed by atoms with E-state index in [-0.39, 0.29) is 0 Å². The predicted molar refractivity (Wildman–Crippen MR) is 207 cm³/mol. The number of para-hydroxylation sites is 1. The monoisotopic (exact) mass is 652 g/mol. The Balaban J connectivity index is 1.12. The molecule has 5 heterocycles. The maximum Gasteiger partial charge on any atom is 0.144 e. The molecule has 51 heavy (non-hydrogen) atoms. The highest BCUT2D eigenvalue weighted by Gasteiger charge is 2.18. The summed E-state index contributed by atoms with van der Waals surface area (Å²) in [6.45, 7) is 0. The van der Waals surface area contributed by atoms with Crippen LogP contribution < -0.4 is 0 Å². The van der Waals surface area contributed by atoms with E-state index in [9.17, 15) is 0 Å². The number of nitrogens with zero attached hydrogens (tertiary/aromatic N) is 4. The molecule has 0 N–H and O–H groups in total. The van der Waals surface area contributed by atoms with E-state index in [0.29, 0.717) is 0 Å². The van der Waals surface area contributed by atoms with Gasteiger partial charge in [0.05, 0.1) is 34.0 Å². The van der Waals surface area contributed by atoms with Crippen LogP contribution in [0.2, 0.25) is 0 Å². The zero-order valence-corrected chi connectivity index (χ0v) is 27.4. The summed E-state index contributed by atoms with van der Waals surface area (Å²) < 4.78 is 6.71. The second-order valence-electron chi connectivity index (χ2n) is 12.7. The molecule has 0 aliphatic rings. The van der Waals surface area contributed by atoms with Crippen molar-refractivity contribution in [2.75, 3.05) is 0 Å². The average Bonchev–Trinajstić information content (AvgIpc) is 3.59. The Kier molecular flexibility index (Phi) is 6.74. The van der Waals surface area contributed by atoms with Crippen molar-refractivity contribution in [3.63, 3.8) is 0 Å². The molecule has 0 amide bonds. The number of fused-ring (bicyclic) bond motifs is 7. The quantitative estimate of drug-likeness (QED) is 0.173. The van der Waals surface area contributed by atoms with Crippen molar-refractivity contribution in [1.29, 1.82) is 0 Å². The molecule has 0 saturated heterocycles. The predicted octanol–water partition coefficient (Wildman–Crippen LogP) is 11.8. The molecule has 10 aromatic rings. The lowest BCUT2D eigenvalue weighted by Crippen LogP contribution is -1.94. The van der Waals surface area contributed by atoms with E-state index >= 15 is 0 Å². The van der Waals surface area contributed by atoms with E-state index in [1.165, 1.54) is 0 Å². The molecule has 0 unspecified atom stereocenters. The molecule has 0 atom stereocenters. The van der Waals surface area contributed by atoms with Gasteiger partial charge in [0.2, 0.25) is 0 Å². The van der Waals surface area contributed by atoms with Crippen molar-refractivity contribution in [2.45, 2.75) is 0 Å². The van der Waals surface area contributed by atoms with Crippen molar-refractivity contribution < 1.29 is 4.42 Å². The van der Waals surface area contributed by atoms with Crippen LogP contribution in [0.25, 0.3) is 99.9 Å². The largest absolute Gasteiger partial charge is 0.455 e. The summed E-state index contributed by atoms with van der Waals surface area (Å²) in [7, 11) is 0. The molecular formula is C46H28N4O. The van der Waals surface area contributed by atoms with Crippen LogP contribution in [-0.2, 0) is 0 Å².